The van der Waals surface area contributed by atoms with Crippen molar-refractivity contribution in [2.24, 2.45) is 23.2 Å². The SMILES string of the molecule is CC(C)COC1(CI)C2CCC(C2)C1(C)C. The van der Waals surface area contributed by atoms with Crippen molar-refractivity contribution in [2.45, 2.75) is 52.6 Å². The first-order valence-corrected chi connectivity index (χ1v) is 8.16. The lowest BCUT2D eigenvalue weighted by molar-refractivity contribution is -0.142. The van der Waals surface area contributed by atoms with Crippen LogP contribution in [0, 0.1) is 23.2 Å². The summed E-state index contributed by atoms with van der Waals surface area (Å²) in [5, 5.41) is 0. The third-order valence-corrected chi connectivity index (χ3v) is 6.21. The van der Waals surface area contributed by atoms with Gasteiger partial charge in [-0.3, -0.25) is 0 Å². The molecule has 2 fully saturated rings. The van der Waals surface area contributed by atoms with Crippen LogP contribution >= 0.6 is 22.6 Å². The number of hydrogen-bond donors (Lipinski definition) is 0. The van der Waals surface area contributed by atoms with Crippen LogP contribution in [-0.2, 0) is 4.74 Å². The molecule has 2 saturated carbocycles. The molecule has 2 rings (SSSR count). The maximum absolute atomic E-state index is 6.44. The molecule has 0 radical (unpaired) electrons. The monoisotopic (exact) mass is 336 g/mol. The number of halogens is 1. The Labute approximate surface area is 114 Å². The van der Waals surface area contributed by atoms with Gasteiger partial charge in [0, 0.05) is 11.0 Å². The predicted octanol–water partition coefficient (Wildman–Crippen LogP) is 4.29. The molecular formula is C14H25IO. The number of hydrogen-bond acceptors (Lipinski definition) is 1. The molecule has 3 atom stereocenters. The molecule has 0 aliphatic heterocycles. The Bertz CT molecular complexity index is 261. The molecule has 2 aliphatic rings. The topological polar surface area (TPSA) is 9.23 Å². The Balaban J connectivity index is 2.19. The van der Waals surface area contributed by atoms with E-state index in [9.17, 15) is 0 Å². The number of ether oxygens (including phenoxy) is 1. The van der Waals surface area contributed by atoms with Crippen LogP contribution in [0.15, 0.2) is 0 Å². The van der Waals surface area contributed by atoms with E-state index in [4.69, 9.17) is 4.74 Å². The highest BCUT2D eigenvalue weighted by molar-refractivity contribution is 14.1. The van der Waals surface area contributed by atoms with Crippen molar-refractivity contribution < 1.29 is 4.74 Å². The Hall–Kier alpha value is 0.690. The zero-order valence-electron chi connectivity index (χ0n) is 11.1. The Kier molecular flexibility index (Phi) is 3.62. The molecule has 0 aromatic heterocycles. The summed E-state index contributed by atoms with van der Waals surface area (Å²) < 4.78 is 7.60. The highest BCUT2D eigenvalue weighted by atomic mass is 127. The van der Waals surface area contributed by atoms with Crippen LogP contribution in [0.2, 0.25) is 0 Å². The fourth-order valence-corrected chi connectivity index (χ4v) is 5.70. The smallest absolute Gasteiger partial charge is 0.0852 e. The van der Waals surface area contributed by atoms with Crippen molar-refractivity contribution >= 4 is 22.6 Å². The minimum absolute atomic E-state index is 0.167. The van der Waals surface area contributed by atoms with Crippen molar-refractivity contribution in [2.75, 3.05) is 11.0 Å². The van der Waals surface area contributed by atoms with Crippen LogP contribution in [0.5, 0.6) is 0 Å². The average molecular weight is 336 g/mol. The number of alkyl halides is 1. The molecule has 0 aromatic carbocycles. The van der Waals surface area contributed by atoms with Crippen molar-refractivity contribution in [3.63, 3.8) is 0 Å². The summed E-state index contributed by atoms with van der Waals surface area (Å²) in [7, 11) is 0. The molecule has 2 heteroatoms. The summed E-state index contributed by atoms with van der Waals surface area (Å²) in [5.74, 6) is 2.37. The van der Waals surface area contributed by atoms with Crippen LogP contribution in [-0.4, -0.2) is 16.6 Å². The van der Waals surface area contributed by atoms with Gasteiger partial charge >= 0.3 is 0 Å². The second-order valence-corrected chi connectivity index (χ2v) is 7.42. The fraction of sp³-hybridized carbons (Fsp3) is 1.00. The zero-order chi connectivity index (χ0) is 12.0. The van der Waals surface area contributed by atoms with Crippen LogP contribution in [0.4, 0.5) is 0 Å². The molecule has 2 bridgehead atoms. The maximum atomic E-state index is 6.44. The second kappa shape index (κ2) is 4.42. The maximum Gasteiger partial charge on any atom is 0.0852 e. The van der Waals surface area contributed by atoms with Gasteiger partial charge in [-0.25, -0.2) is 0 Å². The summed E-state index contributed by atoms with van der Waals surface area (Å²) in [6.45, 7) is 10.3. The third-order valence-electron chi connectivity index (χ3n) is 5.08. The molecule has 0 amide bonds. The van der Waals surface area contributed by atoms with Gasteiger partial charge in [0.1, 0.15) is 0 Å². The van der Waals surface area contributed by atoms with E-state index in [1.807, 2.05) is 0 Å². The lowest BCUT2D eigenvalue weighted by atomic mass is 9.66. The van der Waals surface area contributed by atoms with Gasteiger partial charge in [0.05, 0.1) is 5.60 Å². The summed E-state index contributed by atoms with van der Waals surface area (Å²) in [4.78, 5) is 0. The number of rotatable bonds is 4. The summed E-state index contributed by atoms with van der Waals surface area (Å²) in [6.07, 6.45) is 4.24. The molecule has 0 N–H and O–H groups in total. The molecule has 3 unspecified atom stereocenters. The number of fused-ring (bicyclic) bond motifs is 2. The fourth-order valence-electron chi connectivity index (χ4n) is 3.87. The molecule has 16 heavy (non-hydrogen) atoms. The first kappa shape index (κ1) is 13.1. The normalized spacial score (nSPS) is 40.9. The summed E-state index contributed by atoms with van der Waals surface area (Å²) >= 11 is 2.55. The van der Waals surface area contributed by atoms with E-state index in [-0.39, 0.29) is 5.60 Å². The van der Waals surface area contributed by atoms with Gasteiger partial charge < -0.3 is 4.74 Å². The van der Waals surface area contributed by atoms with E-state index in [1.165, 1.54) is 19.3 Å². The van der Waals surface area contributed by atoms with E-state index >= 15 is 0 Å². The van der Waals surface area contributed by atoms with Gasteiger partial charge in [-0.15, -0.1) is 0 Å². The first-order valence-electron chi connectivity index (χ1n) is 6.64. The van der Waals surface area contributed by atoms with Crippen molar-refractivity contribution in [1.29, 1.82) is 0 Å². The van der Waals surface area contributed by atoms with E-state index in [0.717, 1.165) is 22.9 Å². The molecule has 0 heterocycles. The average Bonchev–Trinajstić information content (AvgIpc) is 2.74. The minimum atomic E-state index is 0.167. The molecule has 94 valence electrons. The van der Waals surface area contributed by atoms with Crippen LogP contribution in [0.3, 0.4) is 0 Å². The molecule has 0 saturated heterocycles. The summed E-state index contributed by atoms with van der Waals surface area (Å²) in [5.41, 5.74) is 0.548. The first-order chi connectivity index (χ1) is 7.44. The summed E-state index contributed by atoms with van der Waals surface area (Å²) in [6, 6.07) is 0. The van der Waals surface area contributed by atoms with Crippen molar-refractivity contribution in [3.8, 4) is 0 Å². The van der Waals surface area contributed by atoms with Gasteiger partial charge in [-0.1, -0.05) is 50.3 Å². The zero-order valence-corrected chi connectivity index (χ0v) is 13.2. The van der Waals surface area contributed by atoms with E-state index < -0.39 is 0 Å². The molecular weight excluding hydrogens is 311 g/mol. The highest BCUT2D eigenvalue weighted by Gasteiger charge is 2.63. The second-order valence-electron chi connectivity index (χ2n) is 6.66. The minimum Gasteiger partial charge on any atom is -0.373 e. The van der Waals surface area contributed by atoms with E-state index in [1.54, 1.807) is 0 Å². The molecule has 2 aliphatic carbocycles. The molecule has 0 aromatic rings. The van der Waals surface area contributed by atoms with Crippen molar-refractivity contribution in [1.82, 2.24) is 0 Å². The van der Waals surface area contributed by atoms with Crippen LogP contribution < -0.4 is 0 Å². The Morgan fingerprint density at radius 3 is 2.31 bits per heavy atom. The third kappa shape index (κ3) is 1.75. The van der Waals surface area contributed by atoms with Gasteiger partial charge in [-0.05, 0) is 42.4 Å². The van der Waals surface area contributed by atoms with Gasteiger partial charge in [0.2, 0.25) is 0 Å². The van der Waals surface area contributed by atoms with Crippen LogP contribution in [0.25, 0.3) is 0 Å². The van der Waals surface area contributed by atoms with E-state index in [0.29, 0.717) is 11.3 Å². The molecule has 0 spiro atoms. The molecule has 1 nitrogen and oxygen atoms in total. The highest BCUT2D eigenvalue weighted by Crippen LogP contribution is 2.63. The van der Waals surface area contributed by atoms with Gasteiger partial charge in [0.25, 0.3) is 0 Å². The Morgan fingerprint density at radius 1 is 1.25 bits per heavy atom. The largest absolute Gasteiger partial charge is 0.373 e. The van der Waals surface area contributed by atoms with Crippen molar-refractivity contribution in [3.05, 3.63) is 0 Å². The van der Waals surface area contributed by atoms with E-state index in [2.05, 4.69) is 50.3 Å². The Morgan fingerprint density at radius 2 is 1.88 bits per heavy atom. The quantitative estimate of drug-likeness (QED) is 0.550. The van der Waals surface area contributed by atoms with Gasteiger partial charge in [-0.2, -0.15) is 0 Å². The van der Waals surface area contributed by atoms with Gasteiger partial charge in [0.15, 0.2) is 0 Å². The van der Waals surface area contributed by atoms with Crippen LogP contribution in [0.1, 0.15) is 47.0 Å². The lowest BCUT2D eigenvalue weighted by Gasteiger charge is -2.49. The standard InChI is InChI=1S/C14H25IO/c1-10(2)8-16-14(9-15)12-6-5-11(7-12)13(14,3)4/h10-12H,5-9H2,1-4H3. The predicted molar refractivity (Wildman–Crippen MR) is 77.0 cm³/mol. The lowest BCUT2D eigenvalue weighted by Crippen LogP contribution is -2.53.